The first-order chi connectivity index (χ1) is 7.65. The summed E-state index contributed by atoms with van der Waals surface area (Å²) in [6, 6.07) is 0. The van der Waals surface area contributed by atoms with Gasteiger partial charge in [-0.2, -0.15) is 0 Å². The Labute approximate surface area is 96.4 Å². The predicted molar refractivity (Wildman–Crippen MR) is 61.8 cm³/mol. The number of carbonyl (C=O) groups is 2. The highest BCUT2D eigenvalue weighted by atomic mass is 16.2. The van der Waals surface area contributed by atoms with Crippen LogP contribution in [0.4, 0.5) is 0 Å². The van der Waals surface area contributed by atoms with Crippen molar-refractivity contribution in [3.63, 3.8) is 0 Å². The van der Waals surface area contributed by atoms with E-state index < -0.39 is 0 Å². The Morgan fingerprint density at radius 1 is 1.31 bits per heavy atom. The molecule has 0 spiro atoms. The van der Waals surface area contributed by atoms with E-state index >= 15 is 0 Å². The molecule has 0 saturated carbocycles. The van der Waals surface area contributed by atoms with Crippen molar-refractivity contribution < 1.29 is 9.59 Å². The lowest BCUT2D eigenvalue weighted by atomic mass is 9.97. The van der Waals surface area contributed by atoms with Gasteiger partial charge in [0.15, 0.2) is 0 Å². The zero-order valence-corrected chi connectivity index (χ0v) is 10.0. The van der Waals surface area contributed by atoms with Gasteiger partial charge in [0.2, 0.25) is 11.8 Å². The lowest BCUT2D eigenvalue weighted by Gasteiger charge is -2.13. The van der Waals surface area contributed by atoms with E-state index in [1.54, 1.807) is 0 Å². The Kier molecular flexibility index (Phi) is 5.25. The fourth-order valence-electron chi connectivity index (χ4n) is 1.88. The number of hydrogen-bond donors (Lipinski definition) is 3. The minimum atomic E-state index is -0.0135. The maximum atomic E-state index is 11.7. The van der Waals surface area contributed by atoms with Gasteiger partial charge in [0.1, 0.15) is 0 Å². The van der Waals surface area contributed by atoms with Crippen molar-refractivity contribution in [3.05, 3.63) is 0 Å². The topological polar surface area (TPSA) is 70.2 Å². The molecular formula is C11H21N3O2. The molecular weight excluding hydrogens is 206 g/mol. The molecule has 1 heterocycles. The highest BCUT2D eigenvalue weighted by Crippen LogP contribution is 2.15. The third-order valence-electron chi connectivity index (χ3n) is 2.88. The number of amides is 2. The monoisotopic (exact) mass is 227 g/mol. The van der Waals surface area contributed by atoms with Gasteiger partial charge >= 0.3 is 0 Å². The third kappa shape index (κ3) is 3.81. The molecule has 1 fully saturated rings. The van der Waals surface area contributed by atoms with Crippen LogP contribution in [0.2, 0.25) is 0 Å². The normalized spacial score (nSPS) is 24.1. The Morgan fingerprint density at radius 3 is 2.62 bits per heavy atom. The van der Waals surface area contributed by atoms with Crippen molar-refractivity contribution in [1.82, 2.24) is 16.0 Å². The minimum absolute atomic E-state index is 0.0135. The average Bonchev–Trinajstić information content (AvgIpc) is 2.64. The van der Waals surface area contributed by atoms with Crippen molar-refractivity contribution >= 4 is 11.8 Å². The molecule has 0 bridgehead atoms. The van der Waals surface area contributed by atoms with E-state index in [1.165, 1.54) is 0 Å². The summed E-state index contributed by atoms with van der Waals surface area (Å²) in [6.45, 7) is 6.64. The van der Waals surface area contributed by atoms with E-state index in [0.717, 1.165) is 13.1 Å². The maximum Gasteiger partial charge on any atom is 0.224 e. The van der Waals surface area contributed by atoms with Crippen molar-refractivity contribution in [2.75, 3.05) is 26.2 Å². The van der Waals surface area contributed by atoms with E-state index in [9.17, 15) is 9.59 Å². The van der Waals surface area contributed by atoms with Gasteiger partial charge in [0.05, 0.1) is 5.92 Å². The minimum Gasteiger partial charge on any atom is -0.356 e. The molecule has 1 aliphatic rings. The Morgan fingerprint density at radius 2 is 2.06 bits per heavy atom. The molecule has 0 aromatic rings. The predicted octanol–water partition coefficient (Wildman–Crippen LogP) is -0.516. The van der Waals surface area contributed by atoms with Crippen LogP contribution in [0, 0.1) is 11.8 Å². The summed E-state index contributed by atoms with van der Waals surface area (Å²) >= 11 is 0. The molecule has 0 unspecified atom stereocenters. The van der Waals surface area contributed by atoms with Gasteiger partial charge in [-0.25, -0.2) is 0 Å². The Bertz CT molecular complexity index is 256. The van der Waals surface area contributed by atoms with Gasteiger partial charge in [-0.1, -0.05) is 6.92 Å². The first kappa shape index (κ1) is 13.0. The van der Waals surface area contributed by atoms with Crippen LogP contribution in [0.1, 0.15) is 20.3 Å². The van der Waals surface area contributed by atoms with E-state index in [4.69, 9.17) is 0 Å². The summed E-state index contributed by atoms with van der Waals surface area (Å²) in [4.78, 5) is 22.8. The lowest BCUT2D eigenvalue weighted by Crippen LogP contribution is -2.36. The first-order valence-corrected chi connectivity index (χ1v) is 5.90. The molecule has 0 radical (unpaired) electrons. The van der Waals surface area contributed by atoms with Crippen LogP contribution in [0.15, 0.2) is 0 Å². The van der Waals surface area contributed by atoms with Crippen LogP contribution in [0.25, 0.3) is 0 Å². The van der Waals surface area contributed by atoms with Crippen molar-refractivity contribution in [2.24, 2.45) is 11.8 Å². The van der Waals surface area contributed by atoms with Crippen molar-refractivity contribution in [3.8, 4) is 0 Å². The Balaban J connectivity index is 2.17. The second-order valence-electron chi connectivity index (χ2n) is 4.24. The zero-order chi connectivity index (χ0) is 12.0. The SMILES string of the molecule is CCNC(=O)CCNC(=O)[C@@H]1CNC[C@H]1C. The molecule has 0 aliphatic carbocycles. The number of rotatable bonds is 5. The van der Waals surface area contributed by atoms with Gasteiger partial charge in [-0.15, -0.1) is 0 Å². The molecule has 1 saturated heterocycles. The molecule has 5 heteroatoms. The third-order valence-corrected chi connectivity index (χ3v) is 2.88. The second-order valence-corrected chi connectivity index (χ2v) is 4.24. The molecule has 0 aromatic carbocycles. The van der Waals surface area contributed by atoms with Crippen molar-refractivity contribution in [2.45, 2.75) is 20.3 Å². The summed E-state index contributed by atoms with van der Waals surface area (Å²) in [6.07, 6.45) is 0.355. The first-order valence-electron chi connectivity index (χ1n) is 5.90. The van der Waals surface area contributed by atoms with E-state index in [0.29, 0.717) is 25.4 Å². The maximum absolute atomic E-state index is 11.7. The number of hydrogen-bond acceptors (Lipinski definition) is 3. The second kappa shape index (κ2) is 6.48. The molecule has 16 heavy (non-hydrogen) atoms. The average molecular weight is 227 g/mol. The van der Waals surface area contributed by atoms with Gasteiger partial charge < -0.3 is 16.0 Å². The quantitative estimate of drug-likeness (QED) is 0.592. The highest BCUT2D eigenvalue weighted by molar-refractivity contribution is 5.81. The Hall–Kier alpha value is -1.10. The standard InChI is InChI=1S/C11H21N3O2/c1-3-13-10(15)4-5-14-11(16)9-7-12-6-8(9)2/h8-9,12H,3-7H2,1-2H3,(H,13,15)(H,14,16)/t8-,9-/m1/s1. The van der Waals surface area contributed by atoms with Gasteiger partial charge in [0, 0.05) is 26.1 Å². The van der Waals surface area contributed by atoms with Crippen LogP contribution in [-0.4, -0.2) is 38.0 Å². The van der Waals surface area contributed by atoms with Gasteiger partial charge in [0.25, 0.3) is 0 Å². The molecule has 0 aromatic heterocycles. The summed E-state index contributed by atoms with van der Waals surface area (Å²) in [5, 5.41) is 8.68. The van der Waals surface area contributed by atoms with E-state index in [1.807, 2.05) is 6.92 Å². The fraction of sp³-hybridized carbons (Fsp3) is 0.818. The highest BCUT2D eigenvalue weighted by Gasteiger charge is 2.29. The molecule has 92 valence electrons. The van der Waals surface area contributed by atoms with Crippen LogP contribution >= 0.6 is 0 Å². The number of nitrogens with one attached hydrogen (secondary N) is 3. The zero-order valence-electron chi connectivity index (χ0n) is 10.0. The molecule has 1 aliphatic heterocycles. The summed E-state index contributed by atoms with van der Waals surface area (Å²) in [7, 11) is 0. The summed E-state index contributed by atoms with van der Waals surface area (Å²) < 4.78 is 0. The molecule has 2 atom stereocenters. The molecule has 5 nitrogen and oxygen atoms in total. The van der Waals surface area contributed by atoms with Crippen LogP contribution in [-0.2, 0) is 9.59 Å². The van der Waals surface area contributed by atoms with Crippen LogP contribution in [0.3, 0.4) is 0 Å². The molecule has 1 rings (SSSR count). The van der Waals surface area contributed by atoms with Gasteiger partial charge in [-0.05, 0) is 19.4 Å². The van der Waals surface area contributed by atoms with E-state index in [-0.39, 0.29) is 17.7 Å². The fourth-order valence-corrected chi connectivity index (χ4v) is 1.88. The lowest BCUT2D eigenvalue weighted by molar-refractivity contribution is -0.125. The van der Waals surface area contributed by atoms with Crippen molar-refractivity contribution in [1.29, 1.82) is 0 Å². The summed E-state index contributed by atoms with van der Waals surface area (Å²) in [5.74, 6) is 0.473. The van der Waals surface area contributed by atoms with Crippen LogP contribution in [0.5, 0.6) is 0 Å². The van der Waals surface area contributed by atoms with E-state index in [2.05, 4.69) is 22.9 Å². The molecule has 3 N–H and O–H groups in total. The smallest absolute Gasteiger partial charge is 0.224 e. The van der Waals surface area contributed by atoms with Gasteiger partial charge in [-0.3, -0.25) is 9.59 Å². The van der Waals surface area contributed by atoms with Crippen LogP contribution < -0.4 is 16.0 Å². The molecule has 2 amide bonds. The largest absolute Gasteiger partial charge is 0.356 e. The summed E-state index contributed by atoms with van der Waals surface area (Å²) in [5.41, 5.74) is 0. The number of carbonyl (C=O) groups excluding carboxylic acids is 2.